The lowest BCUT2D eigenvalue weighted by Crippen LogP contribution is -2.46. The second-order valence-electron chi connectivity index (χ2n) is 9.47. The van der Waals surface area contributed by atoms with Crippen molar-refractivity contribution < 1.29 is 9.13 Å². The lowest BCUT2D eigenvalue weighted by molar-refractivity contribution is 0.00791. The molecule has 0 unspecified atom stereocenters. The molecule has 4 aromatic rings. The number of benzene rings is 2. The van der Waals surface area contributed by atoms with E-state index < -0.39 is 5.82 Å². The van der Waals surface area contributed by atoms with Crippen LogP contribution in [0.5, 0.6) is 0 Å². The van der Waals surface area contributed by atoms with Crippen molar-refractivity contribution >= 4 is 27.8 Å². The number of nitrogens with one attached hydrogen (secondary N) is 2. The molecule has 6 rings (SSSR count). The molecule has 8 heteroatoms. The lowest BCUT2D eigenvalue weighted by atomic mass is 9.90. The SMILES string of the molecule is N#Cc1cc(F)cc(-c2ccc3[nH]c4ncnc(NC5CCC(N6CCOCC6)CC5)c4c3c2)c1. The number of fused-ring (bicyclic) bond motifs is 3. The summed E-state index contributed by atoms with van der Waals surface area (Å²) in [6.07, 6.45) is 6.13. The highest BCUT2D eigenvalue weighted by molar-refractivity contribution is 6.12. The molecule has 178 valence electrons. The van der Waals surface area contributed by atoms with Gasteiger partial charge in [0.2, 0.25) is 0 Å². The van der Waals surface area contributed by atoms with Crippen LogP contribution >= 0.6 is 0 Å². The molecular formula is C27H27FN6O. The number of aromatic amines is 1. The van der Waals surface area contributed by atoms with Crippen LogP contribution in [0.1, 0.15) is 31.2 Å². The van der Waals surface area contributed by atoms with Crippen molar-refractivity contribution in [3.05, 3.63) is 54.1 Å². The Bertz CT molecular complexity index is 1410. The predicted octanol–water partition coefficient (Wildman–Crippen LogP) is 4.84. The summed E-state index contributed by atoms with van der Waals surface area (Å²) in [7, 11) is 0. The van der Waals surface area contributed by atoms with Crippen LogP contribution in [0.15, 0.2) is 42.7 Å². The maximum Gasteiger partial charge on any atom is 0.143 e. The highest BCUT2D eigenvalue weighted by Gasteiger charge is 2.27. The molecule has 0 bridgehead atoms. The largest absolute Gasteiger partial charge is 0.379 e. The van der Waals surface area contributed by atoms with E-state index >= 15 is 0 Å². The van der Waals surface area contributed by atoms with Gasteiger partial charge in [-0.25, -0.2) is 14.4 Å². The van der Waals surface area contributed by atoms with Crippen molar-refractivity contribution in [3.63, 3.8) is 0 Å². The first-order chi connectivity index (χ1) is 17.2. The fourth-order valence-corrected chi connectivity index (χ4v) is 5.55. The molecule has 1 aliphatic carbocycles. The van der Waals surface area contributed by atoms with Gasteiger partial charge in [0.15, 0.2) is 0 Å². The summed E-state index contributed by atoms with van der Waals surface area (Å²) in [5.74, 6) is 0.404. The van der Waals surface area contributed by atoms with Gasteiger partial charge in [0.1, 0.15) is 23.6 Å². The van der Waals surface area contributed by atoms with E-state index in [2.05, 4.69) is 25.2 Å². The molecule has 3 heterocycles. The van der Waals surface area contributed by atoms with Gasteiger partial charge in [-0.2, -0.15) is 5.26 Å². The number of aromatic nitrogens is 3. The smallest absolute Gasteiger partial charge is 0.143 e. The van der Waals surface area contributed by atoms with E-state index in [4.69, 9.17) is 4.74 Å². The Balaban J connectivity index is 1.29. The average molecular weight is 471 g/mol. The van der Waals surface area contributed by atoms with Crippen LogP contribution in [0.2, 0.25) is 0 Å². The van der Waals surface area contributed by atoms with Crippen LogP contribution in [0.4, 0.5) is 10.2 Å². The zero-order valence-electron chi connectivity index (χ0n) is 19.4. The molecule has 1 saturated carbocycles. The Morgan fingerprint density at radius 2 is 1.86 bits per heavy atom. The van der Waals surface area contributed by atoms with Crippen molar-refractivity contribution in [1.82, 2.24) is 19.9 Å². The number of nitriles is 1. The molecule has 1 saturated heterocycles. The second kappa shape index (κ2) is 9.25. The van der Waals surface area contributed by atoms with Crippen molar-refractivity contribution in [2.45, 2.75) is 37.8 Å². The number of morpholine rings is 1. The number of nitrogens with zero attached hydrogens (tertiary/aromatic N) is 4. The fourth-order valence-electron chi connectivity index (χ4n) is 5.55. The Morgan fingerprint density at radius 3 is 2.66 bits per heavy atom. The third-order valence-corrected chi connectivity index (χ3v) is 7.35. The molecule has 0 spiro atoms. The van der Waals surface area contributed by atoms with Crippen LogP contribution in [0.3, 0.4) is 0 Å². The van der Waals surface area contributed by atoms with Crippen LogP contribution in [-0.4, -0.2) is 58.2 Å². The summed E-state index contributed by atoms with van der Waals surface area (Å²) in [5.41, 5.74) is 3.53. The van der Waals surface area contributed by atoms with Crippen molar-refractivity contribution in [2.75, 3.05) is 31.6 Å². The summed E-state index contributed by atoms with van der Waals surface area (Å²) >= 11 is 0. The van der Waals surface area contributed by atoms with Crippen molar-refractivity contribution in [1.29, 1.82) is 5.26 Å². The molecule has 0 atom stereocenters. The maximum atomic E-state index is 14.1. The highest BCUT2D eigenvalue weighted by Crippen LogP contribution is 2.34. The summed E-state index contributed by atoms with van der Waals surface area (Å²) in [6, 6.07) is 13.4. The third-order valence-electron chi connectivity index (χ3n) is 7.35. The Morgan fingerprint density at radius 1 is 1.03 bits per heavy atom. The number of H-pyrrole nitrogens is 1. The Kier molecular flexibility index (Phi) is 5.80. The Labute approximate surface area is 202 Å². The first-order valence-electron chi connectivity index (χ1n) is 12.2. The molecule has 1 aliphatic heterocycles. The monoisotopic (exact) mass is 470 g/mol. The van der Waals surface area contributed by atoms with Crippen molar-refractivity contribution in [3.8, 4) is 17.2 Å². The standard InChI is InChI=1S/C27H27FN6O/c28-20-12-17(15-29)11-19(13-20)18-1-6-24-23(14-18)25-26(30-16-31-27(25)33-24)32-21-2-4-22(5-3-21)34-7-9-35-10-8-34/h1,6,11-14,16,21-22H,2-5,7-10H2,(H2,30,31,32,33). The van der Waals surface area contributed by atoms with Crippen LogP contribution < -0.4 is 5.32 Å². The lowest BCUT2D eigenvalue weighted by Gasteiger charge is -2.39. The van der Waals surface area contributed by atoms with Gasteiger partial charge in [-0.05, 0) is 67.1 Å². The quantitative estimate of drug-likeness (QED) is 0.443. The van der Waals surface area contributed by atoms with Gasteiger partial charge < -0.3 is 15.0 Å². The topological polar surface area (TPSA) is 89.9 Å². The predicted molar refractivity (Wildman–Crippen MR) is 134 cm³/mol. The molecule has 2 aliphatic rings. The third kappa shape index (κ3) is 4.33. The number of rotatable bonds is 4. The summed E-state index contributed by atoms with van der Waals surface area (Å²) < 4.78 is 19.6. The first kappa shape index (κ1) is 22.0. The molecule has 0 radical (unpaired) electrons. The minimum absolute atomic E-state index is 0.303. The van der Waals surface area contributed by atoms with Gasteiger partial charge in [0.05, 0.1) is 30.2 Å². The molecule has 2 aromatic heterocycles. The van der Waals surface area contributed by atoms with Crippen LogP contribution in [0.25, 0.3) is 33.1 Å². The van der Waals surface area contributed by atoms with Gasteiger partial charge in [-0.15, -0.1) is 0 Å². The van der Waals surface area contributed by atoms with Crippen molar-refractivity contribution in [2.24, 2.45) is 0 Å². The first-order valence-corrected chi connectivity index (χ1v) is 12.2. The van der Waals surface area contributed by atoms with Gasteiger partial charge >= 0.3 is 0 Å². The van der Waals surface area contributed by atoms with Gasteiger partial charge in [-0.3, -0.25) is 4.90 Å². The zero-order valence-corrected chi connectivity index (χ0v) is 19.4. The van der Waals surface area contributed by atoms with E-state index in [-0.39, 0.29) is 0 Å². The molecule has 35 heavy (non-hydrogen) atoms. The summed E-state index contributed by atoms with van der Waals surface area (Å²) in [4.78, 5) is 15.0. The van der Waals surface area contributed by atoms with Crippen LogP contribution in [0, 0.1) is 17.1 Å². The normalized spacial score (nSPS) is 21.3. The Hall–Kier alpha value is -3.54. The van der Waals surface area contributed by atoms with Crippen LogP contribution in [-0.2, 0) is 4.74 Å². The van der Waals surface area contributed by atoms with E-state index in [1.54, 1.807) is 12.4 Å². The summed E-state index contributed by atoms with van der Waals surface area (Å²) in [5, 5.41) is 14.9. The number of hydrogen-bond acceptors (Lipinski definition) is 6. The van der Waals surface area contributed by atoms with Gasteiger partial charge in [0.25, 0.3) is 0 Å². The van der Waals surface area contributed by atoms with Gasteiger partial charge in [-0.1, -0.05) is 6.07 Å². The molecule has 2 fully saturated rings. The maximum absolute atomic E-state index is 14.1. The highest BCUT2D eigenvalue weighted by atomic mass is 19.1. The number of halogens is 1. The molecule has 2 N–H and O–H groups in total. The minimum atomic E-state index is -0.420. The average Bonchev–Trinajstić information content (AvgIpc) is 3.28. The van der Waals surface area contributed by atoms with E-state index in [0.717, 1.165) is 72.5 Å². The van der Waals surface area contributed by atoms with E-state index in [0.29, 0.717) is 23.2 Å². The molecule has 2 aromatic carbocycles. The number of ether oxygens (including phenoxy) is 1. The number of anilines is 1. The minimum Gasteiger partial charge on any atom is -0.379 e. The fraction of sp³-hybridized carbons (Fsp3) is 0.370. The zero-order chi connectivity index (χ0) is 23.8. The molecule has 7 nitrogen and oxygen atoms in total. The van der Waals surface area contributed by atoms with E-state index in [9.17, 15) is 9.65 Å². The number of hydrogen-bond donors (Lipinski definition) is 2. The molecular weight excluding hydrogens is 443 g/mol. The van der Waals surface area contributed by atoms with E-state index in [1.807, 2.05) is 24.3 Å². The van der Waals surface area contributed by atoms with Gasteiger partial charge in [0, 0.05) is 36.1 Å². The molecule has 0 amide bonds. The summed E-state index contributed by atoms with van der Waals surface area (Å²) in [6.45, 7) is 3.75. The second-order valence-corrected chi connectivity index (χ2v) is 9.47. The van der Waals surface area contributed by atoms with E-state index in [1.165, 1.54) is 25.0 Å².